The third-order valence-electron chi connectivity index (χ3n) is 3.73. The molecule has 1 atom stereocenters. The predicted molar refractivity (Wildman–Crippen MR) is 83.8 cm³/mol. The number of fused-ring (bicyclic) bond motifs is 3. The fourth-order valence-electron chi connectivity index (χ4n) is 2.77. The van der Waals surface area contributed by atoms with E-state index < -0.39 is 0 Å². The van der Waals surface area contributed by atoms with Crippen molar-refractivity contribution in [2.24, 2.45) is 0 Å². The van der Waals surface area contributed by atoms with Gasteiger partial charge in [0.15, 0.2) is 0 Å². The van der Waals surface area contributed by atoms with Gasteiger partial charge in [-0.05, 0) is 41.3 Å². The number of hydrogen-bond donors (Lipinski definition) is 1. The van der Waals surface area contributed by atoms with Crippen LogP contribution < -0.4 is 5.32 Å². The first-order valence-electron chi connectivity index (χ1n) is 6.56. The van der Waals surface area contributed by atoms with Gasteiger partial charge in [-0.3, -0.25) is 5.32 Å². The molecule has 0 radical (unpaired) electrons. The normalized spacial score (nSPS) is 17.4. The Morgan fingerprint density at radius 2 is 2.00 bits per heavy atom. The summed E-state index contributed by atoms with van der Waals surface area (Å²) < 4.78 is 2.28. The topological polar surface area (TPSA) is 17.0 Å². The van der Waals surface area contributed by atoms with Crippen LogP contribution >= 0.6 is 22.9 Å². The van der Waals surface area contributed by atoms with E-state index in [4.69, 9.17) is 11.6 Å². The second-order valence-corrected chi connectivity index (χ2v) is 6.33. The minimum Gasteiger partial charge on any atom is -0.318 e. The molecule has 0 saturated heterocycles. The Kier molecular flexibility index (Phi) is 2.91. The number of benzene rings is 1. The Morgan fingerprint density at radius 3 is 2.85 bits per heavy atom. The van der Waals surface area contributed by atoms with Gasteiger partial charge in [0.25, 0.3) is 0 Å². The summed E-state index contributed by atoms with van der Waals surface area (Å²) in [4.78, 5) is 1.37. The zero-order valence-electron chi connectivity index (χ0n) is 10.7. The maximum Gasteiger partial charge on any atom is 0.0737 e. The number of thiophene rings is 1. The van der Waals surface area contributed by atoms with Gasteiger partial charge in [-0.25, -0.2) is 0 Å². The average Bonchev–Trinajstić information content (AvgIpc) is 3.08. The van der Waals surface area contributed by atoms with Crippen molar-refractivity contribution < 1.29 is 0 Å². The van der Waals surface area contributed by atoms with E-state index in [9.17, 15) is 0 Å². The summed E-state index contributed by atoms with van der Waals surface area (Å²) in [6.07, 6.45) is 2.14. The van der Waals surface area contributed by atoms with Gasteiger partial charge in [0, 0.05) is 28.3 Å². The van der Waals surface area contributed by atoms with Crippen molar-refractivity contribution in [2.75, 3.05) is 0 Å². The van der Waals surface area contributed by atoms with Crippen molar-refractivity contribution in [1.82, 2.24) is 9.88 Å². The van der Waals surface area contributed by atoms with Crippen LogP contribution in [-0.2, 0) is 6.54 Å². The highest BCUT2D eigenvalue weighted by molar-refractivity contribution is 7.10. The quantitative estimate of drug-likeness (QED) is 0.705. The SMILES string of the molecule is Clc1ccc(C2NCc3sccc3-n3cccc32)cc1. The lowest BCUT2D eigenvalue weighted by atomic mass is 10.0. The molecule has 1 aliphatic rings. The fourth-order valence-corrected chi connectivity index (χ4v) is 3.71. The number of hydrogen-bond acceptors (Lipinski definition) is 2. The van der Waals surface area contributed by atoms with Gasteiger partial charge in [0.2, 0.25) is 0 Å². The second-order valence-electron chi connectivity index (χ2n) is 4.90. The number of aromatic nitrogens is 1. The van der Waals surface area contributed by atoms with Gasteiger partial charge < -0.3 is 4.57 Å². The van der Waals surface area contributed by atoms with E-state index in [0.29, 0.717) is 0 Å². The molecule has 0 fully saturated rings. The molecular formula is C16H13ClN2S. The number of rotatable bonds is 1. The Labute approximate surface area is 126 Å². The standard InChI is InChI=1S/C16H13ClN2S/c17-12-5-3-11(4-6-12)16-14-2-1-8-19(14)13-7-9-20-15(13)10-18-16/h1-9,16,18H,10H2. The first kappa shape index (κ1) is 12.2. The molecule has 2 nitrogen and oxygen atoms in total. The highest BCUT2D eigenvalue weighted by Crippen LogP contribution is 2.32. The van der Waals surface area contributed by atoms with E-state index in [0.717, 1.165) is 11.6 Å². The summed E-state index contributed by atoms with van der Waals surface area (Å²) in [7, 11) is 0. The molecule has 1 unspecified atom stereocenters. The third kappa shape index (κ3) is 1.90. The van der Waals surface area contributed by atoms with Crippen LogP contribution in [0.25, 0.3) is 5.69 Å². The maximum absolute atomic E-state index is 5.99. The molecular weight excluding hydrogens is 288 g/mol. The van der Waals surface area contributed by atoms with E-state index in [1.165, 1.54) is 21.8 Å². The van der Waals surface area contributed by atoms with Gasteiger partial charge in [-0.15, -0.1) is 11.3 Å². The zero-order valence-corrected chi connectivity index (χ0v) is 12.3. The van der Waals surface area contributed by atoms with Crippen LogP contribution in [0.5, 0.6) is 0 Å². The molecule has 0 bridgehead atoms. The Balaban J connectivity index is 1.84. The molecule has 100 valence electrons. The van der Waals surface area contributed by atoms with E-state index in [2.05, 4.69) is 51.8 Å². The highest BCUT2D eigenvalue weighted by Gasteiger charge is 2.23. The van der Waals surface area contributed by atoms with Crippen LogP contribution in [0.1, 0.15) is 22.2 Å². The summed E-state index contributed by atoms with van der Waals surface area (Å²) in [6, 6.07) is 14.8. The highest BCUT2D eigenvalue weighted by atomic mass is 35.5. The summed E-state index contributed by atoms with van der Waals surface area (Å²) >= 11 is 7.79. The van der Waals surface area contributed by atoms with E-state index in [1.54, 1.807) is 11.3 Å². The molecule has 1 N–H and O–H groups in total. The van der Waals surface area contributed by atoms with Gasteiger partial charge in [0.1, 0.15) is 0 Å². The summed E-state index contributed by atoms with van der Waals surface area (Å²) in [5, 5.41) is 6.57. The molecule has 20 heavy (non-hydrogen) atoms. The van der Waals surface area contributed by atoms with Gasteiger partial charge >= 0.3 is 0 Å². The molecule has 3 aromatic rings. The van der Waals surface area contributed by atoms with Crippen LogP contribution in [0.4, 0.5) is 0 Å². The minimum atomic E-state index is 0.196. The zero-order chi connectivity index (χ0) is 13.5. The van der Waals surface area contributed by atoms with Crippen LogP contribution in [0.3, 0.4) is 0 Å². The molecule has 4 rings (SSSR count). The second kappa shape index (κ2) is 4.77. The average molecular weight is 301 g/mol. The maximum atomic E-state index is 5.99. The van der Waals surface area contributed by atoms with Crippen molar-refractivity contribution in [3.05, 3.63) is 75.2 Å². The van der Waals surface area contributed by atoms with Crippen LogP contribution in [-0.4, -0.2) is 4.57 Å². The van der Waals surface area contributed by atoms with Crippen LogP contribution in [0.15, 0.2) is 54.0 Å². The number of halogens is 1. The molecule has 0 saturated carbocycles. The van der Waals surface area contributed by atoms with Gasteiger partial charge in [-0.1, -0.05) is 23.7 Å². The van der Waals surface area contributed by atoms with Crippen LogP contribution in [0.2, 0.25) is 5.02 Å². The molecule has 3 heterocycles. The number of nitrogens with one attached hydrogen (secondary N) is 1. The minimum absolute atomic E-state index is 0.196. The van der Waals surface area contributed by atoms with Crippen molar-refractivity contribution in [3.8, 4) is 5.69 Å². The van der Waals surface area contributed by atoms with Crippen molar-refractivity contribution >= 4 is 22.9 Å². The predicted octanol–water partition coefficient (Wildman–Crippen LogP) is 4.38. The van der Waals surface area contributed by atoms with E-state index in [1.807, 2.05) is 12.1 Å². The van der Waals surface area contributed by atoms with Crippen molar-refractivity contribution in [2.45, 2.75) is 12.6 Å². The molecule has 0 amide bonds. The van der Waals surface area contributed by atoms with Crippen molar-refractivity contribution in [3.63, 3.8) is 0 Å². The Hall–Kier alpha value is -1.55. The summed E-state index contributed by atoms with van der Waals surface area (Å²) in [5.74, 6) is 0. The summed E-state index contributed by atoms with van der Waals surface area (Å²) in [6.45, 7) is 0.891. The lowest BCUT2D eigenvalue weighted by Crippen LogP contribution is -2.21. The largest absolute Gasteiger partial charge is 0.318 e. The molecule has 1 aliphatic heterocycles. The Bertz CT molecular complexity index is 742. The van der Waals surface area contributed by atoms with Crippen molar-refractivity contribution in [1.29, 1.82) is 0 Å². The monoisotopic (exact) mass is 300 g/mol. The summed E-state index contributed by atoms with van der Waals surface area (Å²) in [5.41, 5.74) is 3.80. The number of nitrogens with zero attached hydrogens (tertiary/aromatic N) is 1. The molecule has 2 aromatic heterocycles. The first-order chi connectivity index (χ1) is 9.83. The lowest BCUT2D eigenvalue weighted by molar-refractivity contribution is 0.604. The third-order valence-corrected chi connectivity index (χ3v) is 4.89. The fraction of sp³-hybridized carbons (Fsp3) is 0.125. The molecule has 0 spiro atoms. The molecule has 4 heteroatoms. The van der Waals surface area contributed by atoms with E-state index in [-0.39, 0.29) is 6.04 Å². The first-order valence-corrected chi connectivity index (χ1v) is 7.81. The lowest BCUT2D eigenvalue weighted by Gasteiger charge is -2.18. The molecule has 1 aromatic carbocycles. The Morgan fingerprint density at radius 1 is 1.15 bits per heavy atom. The smallest absolute Gasteiger partial charge is 0.0737 e. The van der Waals surface area contributed by atoms with Crippen LogP contribution in [0, 0.1) is 0 Å². The van der Waals surface area contributed by atoms with E-state index >= 15 is 0 Å². The van der Waals surface area contributed by atoms with Gasteiger partial charge in [-0.2, -0.15) is 0 Å². The molecule has 0 aliphatic carbocycles. The van der Waals surface area contributed by atoms with Gasteiger partial charge in [0.05, 0.1) is 11.7 Å².